The van der Waals surface area contributed by atoms with Gasteiger partial charge in [0.1, 0.15) is 110 Å². The van der Waals surface area contributed by atoms with Crippen molar-refractivity contribution in [3.05, 3.63) is 0 Å². The second kappa shape index (κ2) is 33.2. The summed E-state index contributed by atoms with van der Waals surface area (Å²) >= 11 is 0. The maximum Gasteiger partial charge on any atom is 0.218 e. The van der Waals surface area contributed by atoms with Gasteiger partial charge in [0.25, 0.3) is 0 Å². The van der Waals surface area contributed by atoms with Gasteiger partial charge in [-0.3, -0.25) is 29.3 Å². The molecule has 56 heteroatoms. The zero-order chi connectivity index (χ0) is 71.2. The van der Waals surface area contributed by atoms with E-state index in [0.717, 1.165) is 35.5 Å². The molecule has 94 heavy (non-hydrogen) atoms. The van der Waals surface area contributed by atoms with Crippen molar-refractivity contribution in [2.24, 2.45) is 0 Å². The number of hydrogen-bond acceptors (Lipinski definition) is 49. The first-order chi connectivity index (χ1) is 43.2. The van der Waals surface area contributed by atoms with Crippen LogP contribution in [0.2, 0.25) is 0 Å². The van der Waals surface area contributed by atoms with E-state index in [1.54, 1.807) is 0 Å². The minimum Gasteiger partial charge on any atom is -0.726 e. The van der Waals surface area contributed by atoms with Gasteiger partial charge in [0.15, 0.2) is 43.7 Å². The van der Waals surface area contributed by atoms with E-state index in [9.17, 15) is 111 Å². The highest BCUT2D eigenvalue weighted by atomic mass is 32.3. The summed E-state index contributed by atoms with van der Waals surface area (Å²) in [6.07, 6.45) is -61.9. The Balaban J connectivity index is 1.63. The minimum absolute atomic E-state index is 0.637. The predicted molar refractivity (Wildman–Crippen MR) is 261 cm³/mol. The molecule has 0 aromatic carbocycles. The summed E-state index contributed by atoms with van der Waals surface area (Å²) in [4.78, 5) is 26.2. The van der Waals surface area contributed by atoms with Crippen LogP contribution >= 0.6 is 0 Å². The van der Waals surface area contributed by atoms with Crippen LogP contribution in [0.5, 0.6) is 0 Å². The molecule has 0 spiro atoms. The number of carboxylic acid groups (broad SMARTS) is 2. The van der Waals surface area contributed by atoms with Gasteiger partial charge < -0.3 is 132 Å². The molecular formula is C38H55O49S7-9. The van der Waals surface area contributed by atoms with Gasteiger partial charge in [-0.2, -0.15) is 0 Å². The van der Waals surface area contributed by atoms with Crippen LogP contribution in [0.25, 0.3) is 0 Å². The summed E-state index contributed by atoms with van der Waals surface area (Å²) in [5.74, 6) is -4.89. The number of carbonyl (C=O) groups is 2. The van der Waals surface area contributed by atoms with E-state index < -0.39 is 258 Å². The van der Waals surface area contributed by atoms with E-state index in [1.807, 2.05) is 0 Å². The smallest absolute Gasteiger partial charge is 0.218 e. The van der Waals surface area contributed by atoms with Gasteiger partial charge in [-0.25, -0.2) is 58.9 Å². The van der Waals surface area contributed by atoms with Crippen molar-refractivity contribution in [2.75, 3.05) is 76.7 Å². The van der Waals surface area contributed by atoms with Crippen molar-refractivity contribution in [1.29, 1.82) is 0 Å². The van der Waals surface area contributed by atoms with E-state index in [0.29, 0.717) is 21.3 Å². The molecule has 5 fully saturated rings. The van der Waals surface area contributed by atoms with Crippen molar-refractivity contribution >= 4 is 84.7 Å². The standard InChI is InChI=1S/C38H64O49S7/c1-64-15-12(9-72-88(43,44)45)76-35(27(68-5)18(15)65-2)80-21-19(66-3)28(69-6)37(82-25(21)32(39)40)79-17-14(11-74-90(49,50)51)77-38(31(87-94(61,62)63)24(17)85-92(55,56)57)81-22-20(67-4)29(70-7)36(83-26(22)33(41)42)78-16-13(10-73-89(46,47)48)75-34(71-8)30(86-93(58,59)60)23(16)84-91(52,53)54/h12-31,34-38H,9-11H2,1-8H3,(H,39,40)(H,41,42)(H,43,44,45)(H,46,47,48)(H,49,50,51)(H,52,53,54)(H,55,56,57)(H,58,59,60)(H,61,62,63)/p-9/t12-,13-,14-,15-,16-,17-,18+,19+,20+,21+,22+,23+,24+,25+,26-,27-,28-,29-,30-,31-,34+,35-,36-,37-,38-/m1/s1. The predicted octanol–water partition coefficient (Wildman–Crippen LogP) is -12.8. The van der Waals surface area contributed by atoms with Crippen LogP contribution in [0.4, 0.5) is 0 Å². The molecule has 0 unspecified atom stereocenters. The zero-order valence-electron chi connectivity index (χ0n) is 48.4. The third-order valence-corrected chi connectivity index (χ3v) is 16.7. The monoisotopic (exact) mass is 1520 g/mol. The van der Waals surface area contributed by atoms with Gasteiger partial charge in [-0.15, -0.1) is 0 Å². The Labute approximate surface area is 533 Å². The Morgan fingerprint density at radius 1 is 0.277 bits per heavy atom. The van der Waals surface area contributed by atoms with Gasteiger partial charge >= 0.3 is 0 Å². The van der Waals surface area contributed by atoms with Crippen LogP contribution in [-0.4, -0.2) is 333 Å². The topological polar surface area (TPSA) is 702 Å². The number of carbonyl (C=O) groups excluding carboxylic acids is 2. The molecule has 0 N–H and O–H groups in total. The molecule has 0 aliphatic carbocycles. The lowest BCUT2D eigenvalue weighted by atomic mass is 9.94. The average Bonchev–Trinajstić information content (AvgIpc) is 0.763. The number of hydrogen-bond donors (Lipinski definition) is 0. The molecule has 0 radical (unpaired) electrons. The van der Waals surface area contributed by atoms with Crippen LogP contribution in [0, 0.1) is 0 Å². The van der Waals surface area contributed by atoms with Crippen LogP contribution < -0.4 is 10.2 Å². The van der Waals surface area contributed by atoms with Crippen molar-refractivity contribution in [3.8, 4) is 0 Å². The Morgan fingerprint density at radius 2 is 0.511 bits per heavy atom. The lowest BCUT2D eigenvalue weighted by Gasteiger charge is -2.52. The first-order valence-corrected chi connectivity index (χ1v) is 34.5. The number of methoxy groups -OCH3 is 8. The molecule has 0 aromatic heterocycles. The summed E-state index contributed by atoms with van der Waals surface area (Å²) in [5, 5.41) is 26.2. The molecule has 0 bridgehead atoms. The molecule has 49 nitrogen and oxygen atoms in total. The van der Waals surface area contributed by atoms with Crippen molar-refractivity contribution in [2.45, 2.75) is 154 Å². The molecule has 5 saturated heterocycles. The first-order valence-electron chi connectivity index (χ1n) is 25.2. The fourth-order valence-corrected chi connectivity index (χ4v) is 13.0. The second-order valence-electron chi connectivity index (χ2n) is 19.1. The van der Waals surface area contributed by atoms with E-state index in [2.05, 4.69) is 29.3 Å². The third kappa shape index (κ3) is 22.7. The first kappa shape index (κ1) is 82.0. The normalized spacial score (nSPS) is 37.6. The Bertz CT molecular complexity index is 3340. The summed E-state index contributed by atoms with van der Waals surface area (Å²) < 4.78 is 377. The Morgan fingerprint density at radius 3 is 0.777 bits per heavy atom. The van der Waals surface area contributed by atoms with Crippen molar-refractivity contribution in [3.63, 3.8) is 0 Å². The highest BCUT2D eigenvalue weighted by Crippen LogP contribution is 2.41. The SMILES string of the molecule is CO[C@H]1O[C@H](COS(=O)(=O)[O-])[C@@H](O[C@@H]2O[C@@H](C(=O)[O-])[C@@H](O[C@H]3O[C@H](COS(=O)(=O)[O-])[C@@H](O[C@@H]4O[C@H](C(=O)[O-])[C@@H](O[C@H]5O[C@H](COS(=O)(=O)[O-])[C@@H](OC)[C@H](OC)[C@H]5OC)[C@H](OC)[C@H]4OC)[C@H](OS(=O)(=O)[O-])[C@H]3OS(=O)(=O)[O-])[C@H](OC)[C@H]2OC)[C@H](OS(=O)(=O)[O-])[C@H]1OS(=O)(=O)[O-]. The molecule has 5 heterocycles. The molecule has 25 atom stereocenters. The molecule has 552 valence electrons. The summed E-state index contributed by atoms with van der Waals surface area (Å²) in [5.41, 5.74) is 0. The van der Waals surface area contributed by atoms with E-state index >= 15 is 0 Å². The zero-order valence-corrected chi connectivity index (χ0v) is 54.1. The van der Waals surface area contributed by atoms with E-state index in [4.69, 9.17) is 80.5 Å². The summed E-state index contributed by atoms with van der Waals surface area (Å²) in [6, 6.07) is 0. The average molecular weight is 1520 g/mol. The molecule has 0 aromatic rings. The molecule has 5 aliphatic heterocycles. The third-order valence-electron chi connectivity index (χ3n) is 13.6. The lowest BCUT2D eigenvalue weighted by molar-refractivity contribution is -0.400. The fraction of sp³-hybridized carbons (Fsp3) is 0.947. The number of ether oxygens (including phenoxy) is 17. The highest BCUT2D eigenvalue weighted by Gasteiger charge is 2.61. The minimum atomic E-state index is -6.52. The maximum absolute atomic E-state index is 13.2. The van der Waals surface area contributed by atoms with Gasteiger partial charge in [-0.05, 0) is 0 Å². The molecule has 0 amide bonds. The Hall–Kier alpha value is -2.65. The highest BCUT2D eigenvalue weighted by molar-refractivity contribution is 7.82. The van der Waals surface area contributed by atoms with Gasteiger partial charge in [-0.1, -0.05) is 0 Å². The second-order valence-corrected chi connectivity index (χ2v) is 26.3. The quantitative estimate of drug-likeness (QED) is 0.0420. The number of carboxylic acids is 2. The lowest BCUT2D eigenvalue weighted by Crippen LogP contribution is -2.70. The number of rotatable bonds is 35. The largest absolute Gasteiger partial charge is 0.726 e. The number of aliphatic carboxylic acids is 2. The summed E-state index contributed by atoms with van der Waals surface area (Å²) in [7, 11) is -36.0. The van der Waals surface area contributed by atoms with Crippen molar-refractivity contribution < 1.29 is 220 Å². The summed E-state index contributed by atoms with van der Waals surface area (Å²) in [6.45, 7) is -4.69. The van der Waals surface area contributed by atoms with Gasteiger partial charge in [0.05, 0.1) is 31.8 Å². The van der Waals surface area contributed by atoms with Gasteiger partial charge in [0.2, 0.25) is 72.8 Å². The molecule has 5 rings (SSSR count). The van der Waals surface area contributed by atoms with Crippen LogP contribution in [0.3, 0.4) is 0 Å². The van der Waals surface area contributed by atoms with Crippen LogP contribution in [0.15, 0.2) is 0 Å². The van der Waals surface area contributed by atoms with Crippen LogP contribution in [-0.2, 0) is 192 Å². The van der Waals surface area contributed by atoms with Crippen LogP contribution in [0.1, 0.15) is 0 Å². The molecule has 5 aliphatic rings. The van der Waals surface area contributed by atoms with Gasteiger partial charge in [0, 0.05) is 56.9 Å². The fourth-order valence-electron chi connectivity index (χ4n) is 10.2. The molecular weight excluding hydrogens is 1460 g/mol. The van der Waals surface area contributed by atoms with E-state index in [-0.39, 0.29) is 0 Å². The van der Waals surface area contributed by atoms with E-state index in [1.165, 1.54) is 0 Å². The Kier molecular flexibility index (Phi) is 29.0. The maximum atomic E-state index is 13.2. The van der Waals surface area contributed by atoms with Crippen molar-refractivity contribution in [1.82, 2.24) is 0 Å². The molecule has 0 saturated carbocycles.